The largest absolute Gasteiger partial charge is 0.497 e. The number of rotatable bonds is 8. The van der Waals surface area contributed by atoms with Gasteiger partial charge in [-0.25, -0.2) is 0 Å². The van der Waals surface area contributed by atoms with Crippen LogP contribution in [-0.4, -0.2) is 26.7 Å². The van der Waals surface area contributed by atoms with E-state index in [-0.39, 0.29) is 18.6 Å². The molecular weight excluding hydrogens is 398 g/mol. The minimum Gasteiger partial charge on any atom is -0.497 e. The molecule has 6 heteroatoms. The second-order valence-electron chi connectivity index (χ2n) is 5.80. The summed E-state index contributed by atoms with van der Waals surface area (Å²) in [5, 5.41) is 2.92. The molecule has 0 saturated carbocycles. The third-order valence-electron chi connectivity index (χ3n) is 4.04. The predicted octanol–water partition coefficient (Wildman–Crippen LogP) is 4.28. The lowest BCUT2D eigenvalue weighted by Gasteiger charge is -2.18. The number of carbonyl (C=O) groups excluding carboxylic acids is 1. The van der Waals surface area contributed by atoms with Crippen molar-refractivity contribution in [1.29, 1.82) is 0 Å². The molecule has 0 radical (unpaired) electrons. The molecule has 140 valence electrons. The Morgan fingerprint density at radius 2 is 1.85 bits per heavy atom. The van der Waals surface area contributed by atoms with E-state index in [1.165, 1.54) is 5.56 Å². The number of hydrogen-bond acceptors (Lipinski definition) is 4. The van der Waals surface area contributed by atoms with Gasteiger partial charge in [-0.1, -0.05) is 13.0 Å². The fourth-order valence-electron chi connectivity index (χ4n) is 2.56. The van der Waals surface area contributed by atoms with E-state index in [0.29, 0.717) is 17.2 Å². The van der Waals surface area contributed by atoms with Crippen LogP contribution in [0.4, 0.5) is 0 Å². The van der Waals surface area contributed by atoms with Gasteiger partial charge in [0.2, 0.25) is 0 Å². The molecule has 1 amide bonds. The van der Waals surface area contributed by atoms with Crippen molar-refractivity contribution >= 4 is 21.8 Å². The van der Waals surface area contributed by atoms with Crippen LogP contribution in [0.25, 0.3) is 0 Å². The minimum atomic E-state index is -0.248. The van der Waals surface area contributed by atoms with Crippen LogP contribution in [0, 0.1) is 0 Å². The number of aryl methyl sites for hydroxylation is 1. The maximum Gasteiger partial charge on any atom is 0.258 e. The van der Waals surface area contributed by atoms with Crippen LogP contribution in [0.15, 0.2) is 40.9 Å². The summed E-state index contributed by atoms with van der Waals surface area (Å²) in [6.07, 6.45) is 0.944. The molecule has 0 aliphatic carbocycles. The molecule has 0 saturated heterocycles. The van der Waals surface area contributed by atoms with Gasteiger partial charge in [-0.15, -0.1) is 0 Å². The Hall–Kier alpha value is -2.21. The van der Waals surface area contributed by atoms with Crippen molar-refractivity contribution in [2.24, 2.45) is 0 Å². The number of carbonyl (C=O) groups is 1. The molecule has 2 rings (SSSR count). The Balaban J connectivity index is 1.99. The Bertz CT molecular complexity index is 763. The van der Waals surface area contributed by atoms with Crippen molar-refractivity contribution < 1.29 is 19.0 Å². The molecular formula is C20H24BrNO4. The molecule has 0 fully saturated rings. The van der Waals surface area contributed by atoms with E-state index < -0.39 is 0 Å². The van der Waals surface area contributed by atoms with E-state index in [0.717, 1.165) is 16.5 Å². The molecule has 0 aliphatic rings. The molecule has 1 atom stereocenters. The van der Waals surface area contributed by atoms with Crippen LogP contribution in [0.5, 0.6) is 17.2 Å². The number of hydrogen-bond donors (Lipinski definition) is 1. The molecule has 5 nitrogen and oxygen atoms in total. The van der Waals surface area contributed by atoms with Gasteiger partial charge in [0.15, 0.2) is 6.61 Å². The summed E-state index contributed by atoms with van der Waals surface area (Å²) in [6.45, 7) is 3.91. The number of halogens is 1. The van der Waals surface area contributed by atoms with Gasteiger partial charge in [0.05, 0.1) is 24.7 Å². The molecule has 0 aliphatic heterocycles. The lowest BCUT2D eigenvalue weighted by atomic mass is 10.1. The molecule has 2 aromatic rings. The number of benzene rings is 2. The summed E-state index contributed by atoms with van der Waals surface area (Å²) in [5.74, 6) is 1.83. The quantitative estimate of drug-likeness (QED) is 0.690. The Labute approximate surface area is 162 Å². The third-order valence-corrected chi connectivity index (χ3v) is 4.66. The minimum absolute atomic E-state index is 0.0688. The summed E-state index contributed by atoms with van der Waals surface area (Å²) in [4.78, 5) is 12.3. The van der Waals surface area contributed by atoms with Gasteiger partial charge in [0, 0.05) is 5.56 Å². The highest BCUT2D eigenvalue weighted by Gasteiger charge is 2.16. The van der Waals surface area contributed by atoms with Crippen LogP contribution >= 0.6 is 15.9 Å². The molecule has 0 unspecified atom stereocenters. The van der Waals surface area contributed by atoms with Crippen LogP contribution in [-0.2, 0) is 11.2 Å². The Morgan fingerprint density at radius 1 is 1.12 bits per heavy atom. The highest BCUT2D eigenvalue weighted by molar-refractivity contribution is 9.10. The lowest BCUT2D eigenvalue weighted by Crippen LogP contribution is -2.31. The zero-order chi connectivity index (χ0) is 19.1. The summed E-state index contributed by atoms with van der Waals surface area (Å²) in [5.41, 5.74) is 2.04. The first-order valence-electron chi connectivity index (χ1n) is 8.41. The molecule has 2 aromatic carbocycles. The fraction of sp³-hybridized carbons (Fsp3) is 0.350. The van der Waals surface area contributed by atoms with Gasteiger partial charge in [-0.3, -0.25) is 4.79 Å². The van der Waals surface area contributed by atoms with Gasteiger partial charge in [-0.2, -0.15) is 0 Å². The smallest absolute Gasteiger partial charge is 0.258 e. The van der Waals surface area contributed by atoms with Crippen molar-refractivity contribution in [1.82, 2.24) is 5.32 Å². The first kappa shape index (κ1) is 20.1. The van der Waals surface area contributed by atoms with E-state index in [1.807, 2.05) is 43.3 Å². The van der Waals surface area contributed by atoms with Crippen molar-refractivity contribution in [3.63, 3.8) is 0 Å². The Kier molecular flexibility index (Phi) is 7.33. The Morgan fingerprint density at radius 3 is 2.46 bits per heavy atom. The number of nitrogens with one attached hydrogen (secondary N) is 1. The zero-order valence-electron chi connectivity index (χ0n) is 15.5. The van der Waals surface area contributed by atoms with Crippen molar-refractivity contribution in [2.45, 2.75) is 26.3 Å². The molecule has 0 heterocycles. The molecule has 0 bridgehead atoms. The normalized spacial score (nSPS) is 11.6. The average Bonchev–Trinajstić information content (AvgIpc) is 2.66. The van der Waals surface area contributed by atoms with Gasteiger partial charge in [-0.05, 0) is 65.2 Å². The van der Waals surface area contributed by atoms with Crippen LogP contribution < -0.4 is 19.5 Å². The summed E-state index contributed by atoms with van der Waals surface area (Å²) in [6, 6.07) is 11.1. The maximum atomic E-state index is 12.3. The summed E-state index contributed by atoms with van der Waals surface area (Å²) in [7, 11) is 3.20. The first-order valence-corrected chi connectivity index (χ1v) is 9.20. The summed E-state index contributed by atoms with van der Waals surface area (Å²) < 4.78 is 17.1. The second kappa shape index (κ2) is 9.48. The van der Waals surface area contributed by atoms with Crippen molar-refractivity contribution in [3.05, 3.63) is 52.0 Å². The second-order valence-corrected chi connectivity index (χ2v) is 6.66. The van der Waals surface area contributed by atoms with Gasteiger partial charge < -0.3 is 19.5 Å². The number of ether oxygens (including phenoxy) is 3. The monoisotopic (exact) mass is 421 g/mol. The van der Waals surface area contributed by atoms with Crippen LogP contribution in [0.3, 0.4) is 0 Å². The lowest BCUT2D eigenvalue weighted by molar-refractivity contribution is -0.123. The van der Waals surface area contributed by atoms with Gasteiger partial charge in [0.1, 0.15) is 17.2 Å². The SMILES string of the molecule is CCc1ccc(OCC(=O)N[C@@H](C)c2cc(OC)ccc2OC)c(Br)c1. The highest BCUT2D eigenvalue weighted by Crippen LogP contribution is 2.29. The van der Waals surface area contributed by atoms with E-state index in [1.54, 1.807) is 14.2 Å². The predicted molar refractivity (Wildman–Crippen MR) is 105 cm³/mol. The summed E-state index contributed by atoms with van der Waals surface area (Å²) >= 11 is 3.47. The van der Waals surface area contributed by atoms with E-state index in [9.17, 15) is 4.79 Å². The van der Waals surface area contributed by atoms with Gasteiger partial charge >= 0.3 is 0 Å². The highest BCUT2D eigenvalue weighted by atomic mass is 79.9. The van der Waals surface area contributed by atoms with E-state index >= 15 is 0 Å². The topological polar surface area (TPSA) is 56.8 Å². The first-order chi connectivity index (χ1) is 12.5. The van der Waals surface area contributed by atoms with Gasteiger partial charge in [0.25, 0.3) is 5.91 Å². The standard InChI is InChI=1S/C20H24BrNO4/c1-5-14-6-8-19(17(21)10-14)26-12-20(23)22-13(2)16-11-15(24-3)7-9-18(16)25-4/h6-11,13H,5,12H2,1-4H3,(H,22,23)/t13-/m0/s1. The molecule has 0 spiro atoms. The third kappa shape index (κ3) is 5.14. The number of methoxy groups -OCH3 is 2. The molecule has 0 aromatic heterocycles. The average molecular weight is 422 g/mol. The maximum absolute atomic E-state index is 12.3. The van der Waals surface area contributed by atoms with E-state index in [4.69, 9.17) is 14.2 Å². The van der Waals surface area contributed by atoms with Crippen LogP contribution in [0.1, 0.15) is 31.0 Å². The van der Waals surface area contributed by atoms with Crippen molar-refractivity contribution in [3.8, 4) is 17.2 Å². The molecule has 26 heavy (non-hydrogen) atoms. The zero-order valence-corrected chi connectivity index (χ0v) is 17.1. The van der Waals surface area contributed by atoms with Crippen LogP contribution in [0.2, 0.25) is 0 Å². The number of amides is 1. The fourth-order valence-corrected chi connectivity index (χ4v) is 3.10. The van der Waals surface area contributed by atoms with Crippen molar-refractivity contribution in [2.75, 3.05) is 20.8 Å². The van der Waals surface area contributed by atoms with E-state index in [2.05, 4.69) is 28.2 Å². The molecule has 1 N–H and O–H groups in total.